The molecule has 0 aliphatic rings. The van der Waals surface area contributed by atoms with E-state index < -0.39 is 5.95 Å². The Morgan fingerprint density at radius 3 is 1.68 bits per heavy atom. The van der Waals surface area contributed by atoms with E-state index in [1.165, 1.54) is 12.1 Å². The quantitative estimate of drug-likeness (QED) is 0.301. The number of hydrogen-bond acceptors (Lipinski definition) is 1. The Bertz CT molecular complexity index is 644. The van der Waals surface area contributed by atoms with Gasteiger partial charge in [-0.15, -0.1) is 0 Å². The Balaban J connectivity index is 2.83. The fraction of sp³-hybridized carbons (Fsp3) is 0. The van der Waals surface area contributed by atoms with Gasteiger partial charge in [0.05, 0.1) is 25.1 Å². The van der Waals surface area contributed by atoms with Gasteiger partial charge >= 0.3 is 0 Å². The van der Waals surface area contributed by atoms with Crippen molar-refractivity contribution in [1.29, 1.82) is 0 Å². The molecule has 2 aromatic rings. The highest BCUT2D eigenvalue weighted by atomic mass is 35.5. The van der Waals surface area contributed by atoms with Gasteiger partial charge in [-0.3, -0.25) is 0 Å². The number of benzene rings is 1. The molecule has 100 valence electrons. The predicted molar refractivity (Wildman–Crippen MR) is 79.7 cm³/mol. The van der Waals surface area contributed by atoms with Gasteiger partial charge in [-0.25, -0.2) is 4.98 Å². The second-order valence-electron chi connectivity index (χ2n) is 3.42. The Hall–Kier alpha value is 0.0400. The Kier molecular flexibility index (Phi) is 4.71. The minimum Gasteiger partial charge on any atom is -0.207 e. The van der Waals surface area contributed by atoms with Gasteiger partial charge in [0.15, 0.2) is 0 Å². The van der Waals surface area contributed by atoms with Crippen LogP contribution in [0.3, 0.4) is 0 Å². The van der Waals surface area contributed by atoms with Crippen LogP contribution < -0.4 is 0 Å². The van der Waals surface area contributed by atoms with Crippen LogP contribution in [0, 0.1) is 5.95 Å². The van der Waals surface area contributed by atoms with E-state index in [2.05, 4.69) is 4.98 Å². The van der Waals surface area contributed by atoms with Crippen LogP contribution >= 0.6 is 69.6 Å². The summed E-state index contributed by atoms with van der Waals surface area (Å²) in [5, 5.41) is -0.0404. The van der Waals surface area contributed by atoms with Gasteiger partial charge < -0.3 is 0 Å². The van der Waals surface area contributed by atoms with Gasteiger partial charge in [0, 0.05) is 11.1 Å². The summed E-state index contributed by atoms with van der Waals surface area (Å²) in [7, 11) is 0. The molecule has 2 rings (SSSR count). The van der Waals surface area contributed by atoms with Crippen molar-refractivity contribution in [2.45, 2.75) is 0 Å². The van der Waals surface area contributed by atoms with Crippen molar-refractivity contribution in [3.63, 3.8) is 0 Å². The van der Waals surface area contributed by atoms with Gasteiger partial charge in [0.2, 0.25) is 5.95 Å². The van der Waals surface area contributed by atoms with Crippen LogP contribution in [0.5, 0.6) is 0 Å². The molecule has 1 nitrogen and oxygen atoms in total. The van der Waals surface area contributed by atoms with E-state index in [1.54, 1.807) is 0 Å². The standard InChI is InChI=1S/C11H2Cl6FN/c12-4-2-1-3(11(18)19-4)5-6(13)8(15)10(17)9(16)7(5)14/h1-2H. The monoisotopic (exact) mass is 377 g/mol. The predicted octanol–water partition coefficient (Wildman–Crippen LogP) is 6.81. The number of nitrogens with zero attached hydrogens (tertiary/aromatic N) is 1. The Labute approximate surface area is 138 Å². The summed E-state index contributed by atoms with van der Waals surface area (Å²) in [6.07, 6.45) is 0. The topological polar surface area (TPSA) is 12.9 Å². The first-order chi connectivity index (χ1) is 8.84. The van der Waals surface area contributed by atoms with Crippen molar-refractivity contribution < 1.29 is 4.39 Å². The number of halogens is 7. The molecule has 0 saturated heterocycles. The van der Waals surface area contributed by atoms with Gasteiger partial charge in [-0.05, 0) is 12.1 Å². The van der Waals surface area contributed by atoms with Crippen molar-refractivity contribution >= 4 is 69.6 Å². The van der Waals surface area contributed by atoms with Crippen molar-refractivity contribution in [2.24, 2.45) is 0 Å². The molecule has 0 fully saturated rings. The number of hydrogen-bond donors (Lipinski definition) is 0. The minimum absolute atomic E-state index is 0.000322. The lowest BCUT2D eigenvalue weighted by Crippen LogP contribution is -1.93. The van der Waals surface area contributed by atoms with E-state index in [9.17, 15) is 4.39 Å². The molecule has 19 heavy (non-hydrogen) atoms. The van der Waals surface area contributed by atoms with Crippen LogP contribution in [0.15, 0.2) is 12.1 Å². The second kappa shape index (κ2) is 5.80. The molecule has 0 amide bonds. The molecule has 1 heterocycles. The molecule has 0 radical (unpaired) electrons. The highest BCUT2D eigenvalue weighted by Gasteiger charge is 2.22. The van der Waals surface area contributed by atoms with Crippen LogP contribution in [0.25, 0.3) is 11.1 Å². The molecule has 0 aliphatic heterocycles. The van der Waals surface area contributed by atoms with Crippen LogP contribution in [-0.4, -0.2) is 4.98 Å². The summed E-state index contributed by atoms with van der Waals surface area (Å²) >= 11 is 35.3. The molecular formula is C11H2Cl6FN. The van der Waals surface area contributed by atoms with E-state index in [0.29, 0.717) is 0 Å². The summed E-state index contributed by atoms with van der Waals surface area (Å²) in [5.74, 6) is -0.842. The maximum atomic E-state index is 13.8. The molecule has 0 aliphatic carbocycles. The summed E-state index contributed by atoms with van der Waals surface area (Å²) in [5.41, 5.74) is 0.143. The van der Waals surface area contributed by atoms with E-state index in [1.807, 2.05) is 0 Å². The Morgan fingerprint density at radius 1 is 0.737 bits per heavy atom. The fourth-order valence-corrected chi connectivity index (χ4v) is 2.92. The van der Waals surface area contributed by atoms with Crippen molar-refractivity contribution in [2.75, 3.05) is 0 Å². The first kappa shape index (κ1) is 15.4. The molecule has 0 unspecified atom stereocenters. The lowest BCUT2D eigenvalue weighted by atomic mass is 10.1. The molecular weight excluding hydrogens is 378 g/mol. The van der Waals surface area contributed by atoms with E-state index in [4.69, 9.17) is 69.6 Å². The van der Waals surface area contributed by atoms with Crippen LogP contribution in [-0.2, 0) is 0 Å². The van der Waals surface area contributed by atoms with Crippen LogP contribution in [0.2, 0.25) is 30.3 Å². The van der Waals surface area contributed by atoms with E-state index in [-0.39, 0.29) is 41.4 Å². The van der Waals surface area contributed by atoms with Crippen molar-refractivity contribution in [1.82, 2.24) is 4.98 Å². The minimum atomic E-state index is -0.842. The summed E-state index contributed by atoms with van der Waals surface area (Å²) in [4.78, 5) is 3.48. The molecule has 1 aromatic heterocycles. The largest absolute Gasteiger partial charge is 0.222 e. The van der Waals surface area contributed by atoms with E-state index >= 15 is 0 Å². The summed E-state index contributed by atoms with van der Waals surface area (Å²) < 4.78 is 13.8. The first-order valence-electron chi connectivity index (χ1n) is 4.68. The van der Waals surface area contributed by atoms with Crippen LogP contribution in [0.4, 0.5) is 4.39 Å². The van der Waals surface area contributed by atoms with Gasteiger partial charge in [0.1, 0.15) is 5.15 Å². The molecule has 0 N–H and O–H groups in total. The molecule has 0 bridgehead atoms. The van der Waals surface area contributed by atoms with Gasteiger partial charge in [0.25, 0.3) is 0 Å². The highest BCUT2D eigenvalue weighted by molar-refractivity contribution is 6.56. The van der Waals surface area contributed by atoms with E-state index in [0.717, 1.165) is 0 Å². The number of rotatable bonds is 1. The Morgan fingerprint density at radius 2 is 1.21 bits per heavy atom. The highest BCUT2D eigenvalue weighted by Crippen LogP contribution is 2.48. The van der Waals surface area contributed by atoms with Crippen LogP contribution in [0.1, 0.15) is 0 Å². The lowest BCUT2D eigenvalue weighted by molar-refractivity contribution is 0.588. The third-order valence-corrected chi connectivity index (χ3v) is 4.78. The zero-order valence-electron chi connectivity index (χ0n) is 8.75. The SMILES string of the molecule is Fc1nc(Cl)ccc1-c1c(Cl)c(Cl)c(Cl)c(Cl)c1Cl. The van der Waals surface area contributed by atoms with Crippen molar-refractivity contribution in [3.8, 4) is 11.1 Å². The third kappa shape index (κ3) is 2.76. The lowest BCUT2D eigenvalue weighted by Gasteiger charge is -2.12. The second-order valence-corrected chi connectivity index (χ2v) is 5.69. The zero-order valence-corrected chi connectivity index (χ0v) is 13.3. The summed E-state index contributed by atoms with van der Waals surface area (Å²) in [6.45, 7) is 0. The molecule has 1 aromatic carbocycles. The summed E-state index contributed by atoms with van der Waals surface area (Å²) in [6, 6.07) is 2.77. The average molecular weight is 380 g/mol. The molecule has 8 heteroatoms. The first-order valence-corrected chi connectivity index (χ1v) is 6.95. The fourth-order valence-electron chi connectivity index (χ4n) is 1.44. The van der Waals surface area contributed by atoms with Gasteiger partial charge in [-0.1, -0.05) is 69.6 Å². The normalized spacial score (nSPS) is 10.9. The van der Waals surface area contributed by atoms with Gasteiger partial charge in [-0.2, -0.15) is 4.39 Å². The number of aromatic nitrogens is 1. The molecule has 0 spiro atoms. The number of pyridine rings is 1. The maximum Gasteiger partial charge on any atom is 0.222 e. The zero-order chi connectivity index (χ0) is 14.3. The van der Waals surface area contributed by atoms with Crippen molar-refractivity contribution in [3.05, 3.63) is 48.3 Å². The third-order valence-electron chi connectivity index (χ3n) is 2.29. The molecule has 0 atom stereocenters. The molecule has 0 saturated carbocycles. The maximum absolute atomic E-state index is 13.8. The smallest absolute Gasteiger partial charge is 0.207 e. The average Bonchev–Trinajstić information content (AvgIpc) is 2.37.